The highest BCUT2D eigenvalue weighted by atomic mass is 19.1. The third-order valence-corrected chi connectivity index (χ3v) is 2.08. The van der Waals surface area contributed by atoms with Crippen molar-refractivity contribution in [1.29, 1.82) is 0 Å². The average molecular weight is 199 g/mol. The maximum absolute atomic E-state index is 13.3. The van der Waals surface area contributed by atoms with Crippen molar-refractivity contribution in [3.63, 3.8) is 0 Å². The number of benzene rings is 1. The lowest BCUT2D eigenvalue weighted by atomic mass is 10.1. The van der Waals surface area contributed by atoms with Crippen LogP contribution in [-0.2, 0) is 0 Å². The van der Waals surface area contributed by atoms with Crippen molar-refractivity contribution in [3.05, 3.63) is 23.5 Å². The van der Waals surface area contributed by atoms with Crippen LogP contribution < -0.4 is 15.2 Å². The number of hydrogen-bond acceptors (Lipinski definition) is 4. The Bertz CT molecular complexity index is 356. The fraction of sp³-hybridized carbons (Fsp3) is 0.333. The lowest BCUT2D eigenvalue weighted by Crippen LogP contribution is -2.13. The molecular formula is C9H10FNO3. The van der Waals surface area contributed by atoms with Crippen LogP contribution in [0.2, 0.25) is 0 Å². The summed E-state index contributed by atoms with van der Waals surface area (Å²) in [6.07, 6.45) is -1.06. The highest BCUT2D eigenvalue weighted by molar-refractivity contribution is 5.49. The highest BCUT2D eigenvalue weighted by Gasteiger charge is 2.25. The monoisotopic (exact) mass is 199 g/mol. The van der Waals surface area contributed by atoms with E-state index >= 15 is 0 Å². The van der Waals surface area contributed by atoms with Gasteiger partial charge in [-0.15, -0.1) is 0 Å². The standard InChI is InChI=1S/C9H10FNO3/c10-5-1-2-7-9(14-4-13-7)8(5)6(12)3-11/h1-2,6,12H,3-4,11H2. The van der Waals surface area contributed by atoms with Gasteiger partial charge in [-0.3, -0.25) is 0 Å². The van der Waals surface area contributed by atoms with Gasteiger partial charge < -0.3 is 20.3 Å². The van der Waals surface area contributed by atoms with E-state index in [-0.39, 0.29) is 24.7 Å². The Hall–Kier alpha value is -1.33. The first-order valence-corrected chi connectivity index (χ1v) is 4.20. The summed E-state index contributed by atoms with van der Waals surface area (Å²) in [4.78, 5) is 0. The third kappa shape index (κ3) is 1.30. The van der Waals surface area contributed by atoms with Crippen LogP contribution in [0, 0.1) is 5.82 Å². The summed E-state index contributed by atoms with van der Waals surface area (Å²) in [6, 6.07) is 2.69. The van der Waals surface area contributed by atoms with Crippen LogP contribution >= 0.6 is 0 Å². The lowest BCUT2D eigenvalue weighted by Gasteiger charge is -2.11. The van der Waals surface area contributed by atoms with E-state index < -0.39 is 11.9 Å². The van der Waals surface area contributed by atoms with Crippen molar-refractivity contribution in [2.24, 2.45) is 5.73 Å². The van der Waals surface area contributed by atoms with E-state index in [4.69, 9.17) is 15.2 Å². The first-order chi connectivity index (χ1) is 6.74. The summed E-state index contributed by atoms with van der Waals surface area (Å²) in [5.74, 6) is 0.157. The molecule has 0 bridgehead atoms. The molecule has 2 rings (SSSR count). The number of rotatable bonds is 2. The van der Waals surface area contributed by atoms with Gasteiger partial charge in [-0.25, -0.2) is 4.39 Å². The van der Waals surface area contributed by atoms with Gasteiger partial charge in [0, 0.05) is 6.54 Å². The van der Waals surface area contributed by atoms with Gasteiger partial charge in [0.15, 0.2) is 11.5 Å². The fourth-order valence-corrected chi connectivity index (χ4v) is 1.40. The van der Waals surface area contributed by atoms with Crippen molar-refractivity contribution in [3.8, 4) is 11.5 Å². The number of nitrogens with two attached hydrogens (primary N) is 1. The Kier molecular flexibility index (Phi) is 2.26. The first-order valence-electron chi connectivity index (χ1n) is 4.20. The molecule has 1 unspecified atom stereocenters. The predicted molar refractivity (Wildman–Crippen MR) is 46.5 cm³/mol. The molecule has 1 aromatic rings. The van der Waals surface area contributed by atoms with Crippen LogP contribution in [0.15, 0.2) is 12.1 Å². The summed E-state index contributed by atoms with van der Waals surface area (Å²) in [6.45, 7) is -0.0141. The van der Waals surface area contributed by atoms with E-state index in [2.05, 4.69) is 0 Å². The Balaban J connectivity index is 2.51. The summed E-state index contributed by atoms with van der Waals surface area (Å²) >= 11 is 0. The molecule has 0 radical (unpaired) electrons. The molecular weight excluding hydrogens is 189 g/mol. The summed E-state index contributed by atoms with van der Waals surface area (Å²) in [7, 11) is 0. The quantitative estimate of drug-likeness (QED) is 0.729. The lowest BCUT2D eigenvalue weighted by molar-refractivity contribution is 0.158. The minimum absolute atomic E-state index is 0.0447. The summed E-state index contributed by atoms with van der Waals surface area (Å²) in [5, 5.41) is 9.47. The van der Waals surface area contributed by atoms with E-state index in [0.717, 1.165) is 0 Å². The molecule has 5 heteroatoms. The SMILES string of the molecule is NCC(O)c1c(F)ccc2c1OCO2. The zero-order valence-corrected chi connectivity index (χ0v) is 7.37. The highest BCUT2D eigenvalue weighted by Crippen LogP contribution is 2.39. The number of aliphatic hydroxyl groups is 1. The number of halogens is 1. The number of fused-ring (bicyclic) bond motifs is 1. The van der Waals surface area contributed by atoms with Gasteiger partial charge in [0.2, 0.25) is 6.79 Å². The molecule has 3 N–H and O–H groups in total. The largest absolute Gasteiger partial charge is 0.454 e. The van der Waals surface area contributed by atoms with Gasteiger partial charge in [-0.05, 0) is 12.1 Å². The first kappa shape index (κ1) is 9.23. The predicted octanol–water partition coefficient (Wildman–Crippen LogP) is 0.546. The second-order valence-electron chi connectivity index (χ2n) is 2.95. The number of hydrogen-bond donors (Lipinski definition) is 2. The van der Waals surface area contributed by atoms with E-state index in [1.165, 1.54) is 12.1 Å². The van der Waals surface area contributed by atoms with Crippen LogP contribution in [0.25, 0.3) is 0 Å². The van der Waals surface area contributed by atoms with Crippen molar-refractivity contribution >= 4 is 0 Å². The molecule has 0 fully saturated rings. The molecule has 0 saturated heterocycles. The van der Waals surface area contributed by atoms with E-state index in [0.29, 0.717) is 5.75 Å². The number of ether oxygens (including phenoxy) is 2. The normalized spacial score (nSPS) is 15.6. The van der Waals surface area contributed by atoms with Gasteiger partial charge in [0.25, 0.3) is 0 Å². The average Bonchev–Trinajstić information content (AvgIpc) is 2.64. The van der Waals surface area contributed by atoms with Gasteiger partial charge in [-0.2, -0.15) is 0 Å². The molecule has 1 heterocycles. The molecule has 0 aliphatic carbocycles. The smallest absolute Gasteiger partial charge is 0.231 e. The minimum Gasteiger partial charge on any atom is -0.454 e. The molecule has 0 saturated carbocycles. The van der Waals surface area contributed by atoms with Crippen LogP contribution in [0.5, 0.6) is 11.5 Å². The zero-order valence-electron chi connectivity index (χ0n) is 7.37. The van der Waals surface area contributed by atoms with E-state index in [1.807, 2.05) is 0 Å². The summed E-state index contributed by atoms with van der Waals surface area (Å²) < 4.78 is 23.4. The van der Waals surface area contributed by atoms with E-state index in [9.17, 15) is 9.50 Å². The van der Waals surface area contributed by atoms with Crippen LogP contribution in [0.4, 0.5) is 4.39 Å². The molecule has 76 valence electrons. The Morgan fingerprint density at radius 2 is 2.29 bits per heavy atom. The molecule has 1 aromatic carbocycles. The van der Waals surface area contributed by atoms with Crippen molar-refractivity contribution < 1.29 is 19.0 Å². The minimum atomic E-state index is -1.06. The topological polar surface area (TPSA) is 64.7 Å². The van der Waals surface area contributed by atoms with Crippen LogP contribution in [-0.4, -0.2) is 18.4 Å². The maximum Gasteiger partial charge on any atom is 0.231 e. The van der Waals surface area contributed by atoms with E-state index in [1.54, 1.807) is 0 Å². The summed E-state index contributed by atoms with van der Waals surface area (Å²) in [5.41, 5.74) is 5.33. The molecule has 1 atom stereocenters. The molecule has 14 heavy (non-hydrogen) atoms. The Labute approximate surface area is 80.0 Å². The zero-order chi connectivity index (χ0) is 10.1. The van der Waals surface area contributed by atoms with Gasteiger partial charge in [0.05, 0.1) is 11.7 Å². The second kappa shape index (κ2) is 3.43. The van der Waals surface area contributed by atoms with Crippen molar-refractivity contribution in [2.75, 3.05) is 13.3 Å². The van der Waals surface area contributed by atoms with Gasteiger partial charge in [-0.1, -0.05) is 0 Å². The van der Waals surface area contributed by atoms with Gasteiger partial charge in [0.1, 0.15) is 5.82 Å². The molecule has 1 aliphatic heterocycles. The van der Waals surface area contributed by atoms with Crippen molar-refractivity contribution in [2.45, 2.75) is 6.10 Å². The van der Waals surface area contributed by atoms with Crippen LogP contribution in [0.1, 0.15) is 11.7 Å². The number of aliphatic hydroxyl groups excluding tert-OH is 1. The molecule has 1 aliphatic rings. The third-order valence-electron chi connectivity index (χ3n) is 2.08. The fourth-order valence-electron chi connectivity index (χ4n) is 1.40. The molecule has 0 spiro atoms. The second-order valence-corrected chi connectivity index (χ2v) is 2.95. The molecule has 0 aromatic heterocycles. The van der Waals surface area contributed by atoms with Crippen LogP contribution in [0.3, 0.4) is 0 Å². The molecule has 0 amide bonds. The van der Waals surface area contributed by atoms with Gasteiger partial charge >= 0.3 is 0 Å². The Morgan fingerprint density at radius 1 is 1.50 bits per heavy atom. The Morgan fingerprint density at radius 3 is 3.00 bits per heavy atom. The van der Waals surface area contributed by atoms with Crippen molar-refractivity contribution in [1.82, 2.24) is 0 Å². The molecule has 4 nitrogen and oxygen atoms in total. The maximum atomic E-state index is 13.3.